The van der Waals surface area contributed by atoms with Gasteiger partial charge in [-0.1, -0.05) is 12.1 Å². The largest absolute Gasteiger partial charge is 0.508 e. The summed E-state index contributed by atoms with van der Waals surface area (Å²) in [5, 5.41) is 9.74. The van der Waals surface area contributed by atoms with E-state index in [-0.39, 0.29) is 11.7 Å². The summed E-state index contributed by atoms with van der Waals surface area (Å²) in [6.07, 6.45) is 0. The zero-order chi connectivity index (χ0) is 20.4. The number of aryl methyl sites for hydroxylation is 1. The molecular weight excluding hydrogens is 370 g/mol. The fourth-order valence-electron chi connectivity index (χ4n) is 3.34. The molecule has 29 heavy (non-hydrogen) atoms. The summed E-state index contributed by atoms with van der Waals surface area (Å²) in [5.41, 5.74) is 3.30. The van der Waals surface area contributed by atoms with Crippen LogP contribution in [-0.4, -0.2) is 52.2 Å². The molecule has 0 unspecified atom stereocenters. The zero-order valence-electron chi connectivity index (χ0n) is 16.0. The minimum absolute atomic E-state index is 0.0547. The maximum atomic E-state index is 12.8. The van der Waals surface area contributed by atoms with Crippen molar-refractivity contribution in [2.75, 3.05) is 26.3 Å². The molecule has 0 saturated carbocycles. The van der Waals surface area contributed by atoms with Gasteiger partial charge in [-0.05, 0) is 54.4 Å². The number of aromatic hydroxyl groups is 1. The highest BCUT2D eigenvalue weighted by Crippen LogP contribution is 2.26. The number of nitrogens with one attached hydrogen (secondary N) is 1. The summed E-state index contributed by atoms with van der Waals surface area (Å²) >= 11 is 0. The molecule has 2 aromatic carbocycles. The average molecular weight is 391 g/mol. The fraction of sp³-hybridized carbons (Fsp3) is 0.227. The monoisotopic (exact) mass is 391 g/mol. The van der Waals surface area contributed by atoms with Gasteiger partial charge in [0.2, 0.25) is 0 Å². The van der Waals surface area contributed by atoms with Gasteiger partial charge in [0.05, 0.1) is 24.6 Å². The third-order valence-corrected chi connectivity index (χ3v) is 4.96. The summed E-state index contributed by atoms with van der Waals surface area (Å²) in [4.78, 5) is 33.5. The van der Waals surface area contributed by atoms with Crippen molar-refractivity contribution < 1.29 is 14.6 Å². The first-order valence-corrected chi connectivity index (χ1v) is 9.40. The van der Waals surface area contributed by atoms with Crippen LogP contribution in [0.25, 0.3) is 22.5 Å². The number of phenolic OH excluding ortho intramolecular Hbond substituents is 1. The van der Waals surface area contributed by atoms with Gasteiger partial charge < -0.3 is 19.7 Å². The second-order valence-electron chi connectivity index (χ2n) is 6.97. The number of amides is 1. The van der Waals surface area contributed by atoms with Crippen LogP contribution in [0.5, 0.6) is 5.75 Å². The Morgan fingerprint density at radius 3 is 2.66 bits per heavy atom. The number of benzene rings is 2. The molecule has 0 bridgehead atoms. The van der Waals surface area contributed by atoms with E-state index in [1.165, 1.54) is 0 Å². The summed E-state index contributed by atoms with van der Waals surface area (Å²) < 4.78 is 5.31. The normalized spacial score (nSPS) is 14.0. The Kier molecular flexibility index (Phi) is 5.14. The zero-order valence-corrected chi connectivity index (χ0v) is 16.0. The molecule has 1 aliphatic heterocycles. The first-order valence-electron chi connectivity index (χ1n) is 9.40. The minimum atomic E-state index is -0.479. The second-order valence-corrected chi connectivity index (χ2v) is 6.97. The molecule has 7 heteroatoms. The molecule has 2 N–H and O–H groups in total. The van der Waals surface area contributed by atoms with Crippen LogP contribution < -0.4 is 5.69 Å². The average Bonchev–Trinajstić information content (AvgIpc) is 2.75. The molecule has 0 spiro atoms. The second kappa shape index (κ2) is 7.89. The van der Waals surface area contributed by atoms with Gasteiger partial charge in [-0.2, -0.15) is 4.98 Å². The van der Waals surface area contributed by atoms with Crippen LogP contribution in [0.3, 0.4) is 0 Å². The highest BCUT2D eigenvalue weighted by atomic mass is 16.5. The number of rotatable bonds is 3. The lowest BCUT2D eigenvalue weighted by Gasteiger charge is -2.27. The van der Waals surface area contributed by atoms with Crippen molar-refractivity contribution in [2.45, 2.75) is 6.92 Å². The van der Waals surface area contributed by atoms with Gasteiger partial charge in [0.1, 0.15) is 5.75 Å². The molecule has 1 saturated heterocycles. The van der Waals surface area contributed by atoms with Crippen molar-refractivity contribution >= 4 is 5.91 Å². The number of nitrogens with zero attached hydrogens (tertiary/aromatic N) is 2. The van der Waals surface area contributed by atoms with Crippen molar-refractivity contribution in [3.63, 3.8) is 0 Å². The predicted molar refractivity (Wildman–Crippen MR) is 109 cm³/mol. The van der Waals surface area contributed by atoms with Gasteiger partial charge in [-0.3, -0.25) is 4.79 Å². The van der Waals surface area contributed by atoms with E-state index in [1.807, 2.05) is 6.07 Å². The van der Waals surface area contributed by atoms with E-state index in [0.29, 0.717) is 48.8 Å². The molecule has 1 aliphatic rings. The smallest absolute Gasteiger partial charge is 0.345 e. The third kappa shape index (κ3) is 4.05. The van der Waals surface area contributed by atoms with Crippen molar-refractivity contribution in [3.8, 4) is 28.3 Å². The molecule has 1 aromatic heterocycles. The topological polar surface area (TPSA) is 95.5 Å². The Labute approximate surface area is 167 Å². The van der Waals surface area contributed by atoms with Gasteiger partial charge in [0.15, 0.2) is 0 Å². The maximum Gasteiger partial charge on any atom is 0.345 e. The van der Waals surface area contributed by atoms with Gasteiger partial charge in [-0.15, -0.1) is 0 Å². The van der Waals surface area contributed by atoms with E-state index in [4.69, 9.17) is 4.74 Å². The number of carbonyl (C=O) groups excluding carboxylic acids is 1. The van der Waals surface area contributed by atoms with Gasteiger partial charge in [0, 0.05) is 24.2 Å². The Morgan fingerprint density at radius 1 is 1.10 bits per heavy atom. The molecule has 0 aliphatic carbocycles. The molecule has 0 atom stereocenters. The van der Waals surface area contributed by atoms with Crippen LogP contribution in [0.2, 0.25) is 0 Å². The van der Waals surface area contributed by atoms with E-state index >= 15 is 0 Å². The highest BCUT2D eigenvalue weighted by Gasteiger charge is 2.19. The SMILES string of the molecule is Cc1cc(-c2cc(-c3cccc(C(=O)N4CCOCC4)c3)[nH]c(=O)n2)ccc1O. The summed E-state index contributed by atoms with van der Waals surface area (Å²) in [6.45, 7) is 4.00. The van der Waals surface area contributed by atoms with Crippen LogP contribution in [-0.2, 0) is 4.74 Å². The van der Waals surface area contributed by atoms with Crippen molar-refractivity contribution in [1.82, 2.24) is 14.9 Å². The quantitative estimate of drug-likeness (QED) is 0.716. The van der Waals surface area contributed by atoms with Crippen LogP contribution in [0.15, 0.2) is 53.3 Å². The predicted octanol–water partition coefficient (Wildman–Crippen LogP) is 2.59. The van der Waals surface area contributed by atoms with Crippen molar-refractivity contribution in [3.05, 3.63) is 70.1 Å². The molecule has 148 valence electrons. The van der Waals surface area contributed by atoms with Crippen molar-refractivity contribution in [2.24, 2.45) is 0 Å². The molecule has 1 fully saturated rings. The number of hydrogen-bond acceptors (Lipinski definition) is 5. The number of phenols is 1. The third-order valence-electron chi connectivity index (χ3n) is 4.96. The maximum absolute atomic E-state index is 12.8. The molecule has 7 nitrogen and oxygen atoms in total. The molecule has 1 amide bonds. The summed E-state index contributed by atoms with van der Waals surface area (Å²) in [6, 6.07) is 14.0. The van der Waals surface area contributed by atoms with Crippen LogP contribution in [0, 0.1) is 6.92 Å². The standard InChI is InChI=1S/C22H21N3O4/c1-14-11-16(5-6-20(14)26)19-13-18(23-22(28)24-19)15-3-2-4-17(12-15)21(27)25-7-9-29-10-8-25/h2-6,11-13,26H,7-10H2,1H3,(H,23,24,28). The summed E-state index contributed by atoms with van der Waals surface area (Å²) in [5.74, 6) is 0.133. The van der Waals surface area contributed by atoms with Crippen molar-refractivity contribution in [1.29, 1.82) is 0 Å². The van der Waals surface area contributed by atoms with E-state index in [1.54, 1.807) is 54.3 Å². The number of morpholine rings is 1. The lowest BCUT2D eigenvalue weighted by molar-refractivity contribution is 0.0303. The first-order chi connectivity index (χ1) is 14.0. The number of aromatic amines is 1. The fourth-order valence-corrected chi connectivity index (χ4v) is 3.34. The Bertz CT molecular complexity index is 1120. The van der Waals surface area contributed by atoms with Gasteiger partial charge in [0.25, 0.3) is 5.91 Å². The minimum Gasteiger partial charge on any atom is -0.508 e. The summed E-state index contributed by atoms with van der Waals surface area (Å²) in [7, 11) is 0. The molecule has 4 rings (SSSR count). The Morgan fingerprint density at radius 2 is 1.90 bits per heavy atom. The number of aromatic nitrogens is 2. The van der Waals surface area contributed by atoms with E-state index < -0.39 is 5.69 Å². The first kappa shape index (κ1) is 18.9. The molecule has 0 radical (unpaired) electrons. The number of carbonyl (C=O) groups is 1. The highest BCUT2D eigenvalue weighted by molar-refractivity contribution is 5.95. The van der Waals surface area contributed by atoms with Gasteiger partial charge in [-0.25, -0.2) is 4.79 Å². The van der Waals surface area contributed by atoms with Crippen LogP contribution in [0.4, 0.5) is 0 Å². The number of H-pyrrole nitrogens is 1. The van der Waals surface area contributed by atoms with Gasteiger partial charge >= 0.3 is 5.69 Å². The Hall–Kier alpha value is -3.45. The number of hydrogen-bond donors (Lipinski definition) is 2. The van der Waals surface area contributed by atoms with Crippen LogP contribution >= 0.6 is 0 Å². The number of ether oxygens (including phenoxy) is 1. The lowest BCUT2D eigenvalue weighted by atomic mass is 10.0. The molecule has 2 heterocycles. The van der Waals surface area contributed by atoms with E-state index in [2.05, 4.69) is 9.97 Å². The molecule has 3 aromatic rings. The van der Waals surface area contributed by atoms with Crippen LogP contribution in [0.1, 0.15) is 15.9 Å². The van der Waals surface area contributed by atoms with E-state index in [9.17, 15) is 14.7 Å². The lowest BCUT2D eigenvalue weighted by Crippen LogP contribution is -2.40. The molecular formula is C22H21N3O4. The Balaban J connectivity index is 1.70. The van der Waals surface area contributed by atoms with E-state index in [0.717, 1.165) is 11.1 Å².